The summed E-state index contributed by atoms with van der Waals surface area (Å²) in [5, 5.41) is 7.44. The number of carbonyl (C=O) groups excluding carboxylic acids is 1. The summed E-state index contributed by atoms with van der Waals surface area (Å²) in [7, 11) is 1.84. The summed E-state index contributed by atoms with van der Waals surface area (Å²) in [5.41, 5.74) is 8.60. The fourth-order valence-electron chi connectivity index (χ4n) is 3.65. The van der Waals surface area contributed by atoms with Crippen LogP contribution in [0.25, 0.3) is 0 Å². The van der Waals surface area contributed by atoms with E-state index in [9.17, 15) is 4.79 Å². The molecule has 0 aromatic heterocycles. The highest BCUT2D eigenvalue weighted by Crippen LogP contribution is 2.22. The van der Waals surface area contributed by atoms with Gasteiger partial charge >= 0.3 is 6.03 Å². The highest BCUT2D eigenvalue weighted by molar-refractivity contribution is 5.94. The molecule has 6 heteroatoms. The second kappa shape index (κ2) is 10.1. The van der Waals surface area contributed by atoms with E-state index in [1.54, 1.807) is 4.90 Å². The second-order valence-electron chi connectivity index (χ2n) is 7.37. The van der Waals surface area contributed by atoms with Crippen LogP contribution in [0.2, 0.25) is 0 Å². The van der Waals surface area contributed by atoms with Crippen LogP contribution in [0.3, 0.4) is 0 Å². The second-order valence-corrected chi connectivity index (χ2v) is 7.37. The topological polar surface area (TPSA) is 73.4 Å². The van der Waals surface area contributed by atoms with E-state index in [4.69, 9.17) is 11.1 Å². The Balaban J connectivity index is 0.00000280. The normalized spacial score (nSPS) is 14.2. The van der Waals surface area contributed by atoms with Crippen LogP contribution in [0.1, 0.15) is 29.5 Å². The number of piperidine rings is 1. The molecule has 3 rings (SSSR count). The van der Waals surface area contributed by atoms with Crippen LogP contribution in [0.4, 0.5) is 4.79 Å². The van der Waals surface area contributed by atoms with E-state index in [0.29, 0.717) is 18.0 Å². The Morgan fingerprint density at radius 3 is 2.25 bits per heavy atom. The maximum Gasteiger partial charge on any atom is 0.320 e. The molecular formula is C22H29ClN4O. The Bertz CT molecular complexity index is 771. The van der Waals surface area contributed by atoms with Gasteiger partial charge in [-0.2, -0.15) is 0 Å². The molecule has 0 radical (unpaired) electrons. The van der Waals surface area contributed by atoms with Gasteiger partial charge in [0.15, 0.2) is 0 Å². The largest absolute Gasteiger partial charge is 0.384 e. The lowest BCUT2D eigenvalue weighted by Crippen LogP contribution is -2.45. The van der Waals surface area contributed by atoms with Crippen molar-refractivity contribution in [3.8, 4) is 0 Å². The van der Waals surface area contributed by atoms with Crippen molar-refractivity contribution >= 4 is 24.3 Å². The number of nitrogen functional groups attached to an aromatic ring is 1. The summed E-state index contributed by atoms with van der Waals surface area (Å²) in [6.45, 7) is 2.20. The minimum Gasteiger partial charge on any atom is -0.384 e. The summed E-state index contributed by atoms with van der Waals surface area (Å²) < 4.78 is 0. The molecule has 2 aromatic carbocycles. The molecule has 1 heterocycles. The van der Waals surface area contributed by atoms with Crippen LogP contribution in [-0.2, 0) is 13.0 Å². The fourth-order valence-corrected chi connectivity index (χ4v) is 3.65. The van der Waals surface area contributed by atoms with Gasteiger partial charge in [-0.3, -0.25) is 5.41 Å². The van der Waals surface area contributed by atoms with Crippen molar-refractivity contribution in [3.63, 3.8) is 0 Å². The molecule has 3 N–H and O–H groups in total. The van der Waals surface area contributed by atoms with E-state index in [0.717, 1.165) is 37.9 Å². The molecule has 0 spiro atoms. The monoisotopic (exact) mass is 400 g/mol. The van der Waals surface area contributed by atoms with E-state index >= 15 is 0 Å². The van der Waals surface area contributed by atoms with Gasteiger partial charge in [-0.1, -0.05) is 54.6 Å². The van der Waals surface area contributed by atoms with Gasteiger partial charge in [0.2, 0.25) is 0 Å². The Hall–Kier alpha value is -2.53. The lowest BCUT2D eigenvalue weighted by Gasteiger charge is -2.34. The maximum atomic E-state index is 12.7. The quantitative estimate of drug-likeness (QED) is 0.590. The number of nitrogens with two attached hydrogens (primary N) is 1. The molecule has 5 nitrogen and oxygen atoms in total. The Kier molecular flexibility index (Phi) is 7.88. The third-order valence-corrected chi connectivity index (χ3v) is 5.26. The Labute approximate surface area is 173 Å². The van der Waals surface area contributed by atoms with Gasteiger partial charge in [-0.05, 0) is 36.3 Å². The molecule has 28 heavy (non-hydrogen) atoms. The predicted octanol–water partition coefficient (Wildman–Crippen LogP) is 3.90. The number of halogens is 1. The number of benzene rings is 2. The van der Waals surface area contributed by atoms with Crippen LogP contribution < -0.4 is 5.73 Å². The zero-order valence-electron chi connectivity index (χ0n) is 16.3. The number of amidine groups is 1. The van der Waals surface area contributed by atoms with Gasteiger partial charge in [0.25, 0.3) is 0 Å². The van der Waals surface area contributed by atoms with Crippen LogP contribution in [0, 0.1) is 11.3 Å². The standard InChI is InChI=1S/C22H28N4O.ClH/c1-25(16-19-7-9-20(10-8-19)21(23)24)22(27)26-13-11-18(12-14-26)15-17-5-3-2-4-6-17;/h2-10,18H,11-16H2,1H3,(H3,23,24);1H. The van der Waals surface area contributed by atoms with E-state index in [-0.39, 0.29) is 24.3 Å². The zero-order chi connectivity index (χ0) is 19.2. The minimum absolute atomic E-state index is 0. The number of likely N-dealkylation sites (tertiary alicyclic amines) is 1. The Morgan fingerprint density at radius 2 is 1.68 bits per heavy atom. The zero-order valence-corrected chi connectivity index (χ0v) is 17.1. The first-order chi connectivity index (χ1) is 13.0. The number of hydrogen-bond acceptors (Lipinski definition) is 2. The smallest absolute Gasteiger partial charge is 0.320 e. The molecule has 0 bridgehead atoms. The highest BCUT2D eigenvalue weighted by atomic mass is 35.5. The fraction of sp³-hybridized carbons (Fsp3) is 0.364. The van der Waals surface area contributed by atoms with Crippen molar-refractivity contribution in [2.24, 2.45) is 11.7 Å². The van der Waals surface area contributed by atoms with Crippen LogP contribution in [0.5, 0.6) is 0 Å². The summed E-state index contributed by atoms with van der Waals surface area (Å²) in [4.78, 5) is 16.5. The molecule has 0 unspecified atom stereocenters. The number of urea groups is 1. The molecule has 1 fully saturated rings. The van der Waals surface area contributed by atoms with Crippen molar-refractivity contribution in [3.05, 3.63) is 71.3 Å². The molecule has 0 aliphatic carbocycles. The van der Waals surface area contributed by atoms with Gasteiger partial charge in [-0.25, -0.2) is 4.79 Å². The Morgan fingerprint density at radius 1 is 1.07 bits per heavy atom. The van der Waals surface area contributed by atoms with Crippen LogP contribution in [0.15, 0.2) is 54.6 Å². The van der Waals surface area contributed by atoms with E-state index in [2.05, 4.69) is 24.3 Å². The molecule has 1 aliphatic heterocycles. The first kappa shape index (κ1) is 21.8. The number of amides is 2. The van der Waals surface area contributed by atoms with Gasteiger partial charge < -0.3 is 15.5 Å². The maximum absolute atomic E-state index is 12.7. The summed E-state index contributed by atoms with van der Waals surface area (Å²) in [5.74, 6) is 0.713. The molecule has 2 aromatic rings. The van der Waals surface area contributed by atoms with E-state index in [1.807, 2.05) is 42.3 Å². The van der Waals surface area contributed by atoms with Crippen molar-refractivity contribution in [2.45, 2.75) is 25.8 Å². The first-order valence-electron chi connectivity index (χ1n) is 9.50. The third-order valence-electron chi connectivity index (χ3n) is 5.26. The van der Waals surface area contributed by atoms with Gasteiger partial charge in [0, 0.05) is 32.2 Å². The number of hydrogen-bond donors (Lipinski definition) is 2. The molecule has 0 saturated carbocycles. The van der Waals surface area contributed by atoms with Crippen molar-refractivity contribution in [1.29, 1.82) is 5.41 Å². The van der Waals surface area contributed by atoms with Gasteiger partial charge in [0.05, 0.1) is 0 Å². The highest BCUT2D eigenvalue weighted by Gasteiger charge is 2.25. The molecule has 2 amide bonds. The average Bonchev–Trinajstić information content (AvgIpc) is 2.69. The van der Waals surface area contributed by atoms with Crippen LogP contribution >= 0.6 is 12.4 Å². The summed E-state index contributed by atoms with van der Waals surface area (Å²) >= 11 is 0. The molecule has 1 aliphatic rings. The predicted molar refractivity (Wildman–Crippen MR) is 116 cm³/mol. The molecule has 0 atom stereocenters. The van der Waals surface area contributed by atoms with Crippen molar-refractivity contribution < 1.29 is 4.79 Å². The van der Waals surface area contributed by atoms with Crippen LogP contribution in [-0.4, -0.2) is 41.8 Å². The van der Waals surface area contributed by atoms with Gasteiger partial charge in [-0.15, -0.1) is 12.4 Å². The molecular weight excluding hydrogens is 372 g/mol. The van der Waals surface area contributed by atoms with Crippen molar-refractivity contribution in [2.75, 3.05) is 20.1 Å². The lowest BCUT2D eigenvalue weighted by molar-refractivity contribution is 0.138. The number of nitrogens with one attached hydrogen (secondary N) is 1. The van der Waals surface area contributed by atoms with Crippen molar-refractivity contribution in [1.82, 2.24) is 9.80 Å². The minimum atomic E-state index is 0. The summed E-state index contributed by atoms with van der Waals surface area (Å²) in [6.07, 6.45) is 3.21. The first-order valence-corrected chi connectivity index (χ1v) is 9.50. The summed E-state index contributed by atoms with van der Waals surface area (Å²) in [6, 6.07) is 18.2. The lowest BCUT2D eigenvalue weighted by atomic mass is 9.90. The number of nitrogens with zero attached hydrogens (tertiary/aromatic N) is 2. The molecule has 1 saturated heterocycles. The van der Waals surface area contributed by atoms with E-state index in [1.165, 1.54) is 5.56 Å². The number of carbonyl (C=O) groups is 1. The van der Waals surface area contributed by atoms with E-state index < -0.39 is 0 Å². The number of rotatable bonds is 5. The van der Waals surface area contributed by atoms with Gasteiger partial charge in [0.1, 0.15) is 5.84 Å². The SMILES string of the molecule is CN(Cc1ccc(C(=N)N)cc1)C(=O)N1CCC(Cc2ccccc2)CC1.Cl. The average molecular weight is 401 g/mol. The third kappa shape index (κ3) is 5.73. The molecule has 150 valence electrons.